The summed E-state index contributed by atoms with van der Waals surface area (Å²) in [5.41, 5.74) is 8.21. The standard InChI is InChI=1S/C21H22N6O2/c22-19-11-17(24-13-25-19)15-10-18(21(29)23-12-15)26-20(28)14-4-6-16(7-5-14)27-8-2-1-3-9-27/h4-7,10-13H,1-3,8-9H2,(H,23,29)(H,26,28)(H2,22,24,25). The van der Waals surface area contributed by atoms with Crippen LogP contribution in [0.3, 0.4) is 0 Å². The first-order valence-electron chi connectivity index (χ1n) is 9.57. The van der Waals surface area contributed by atoms with E-state index >= 15 is 0 Å². The predicted octanol–water partition coefficient (Wildman–Crippen LogP) is 2.66. The van der Waals surface area contributed by atoms with Gasteiger partial charge in [-0.25, -0.2) is 9.97 Å². The molecule has 8 nitrogen and oxygen atoms in total. The zero-order valence-corrected chi connectivity index (χ0v) is 15.9. The average molecular weight is 390 g/mol. The summed E-state index contributed by atoms with van der Waals surface area (Å²) in [4.78, 5) is 37.7. The number of carbonyl (C=O) groups excluding carboxylic acids is 1. The molecule has 0 bridgehead atoms. The molecule has 1 aromatic carbocycles. The molecule has 1 saturated heterocycles. The molecular formula is C21H22N6O2. The molecule has 0 unspecified atom stereocenters. The molecule has 0 atom stereocenters. The van der Waals surface area contributed by atoms with Crippen LogP contribution < -0.4 is 21.5 Å². The Kier molecular flexibility index (Phi) is 5.24. The van der Waals surface area contributed by atoms with Gasteiger partial charge in [0, 0.05) is 42.2 Å². The molecule has 0 aliphatic carbocycles. The Morgan fingerprint density at radius 1 is 1.07 bits per heavy atom. The largest absolute Gasteiger partial charge is 0.384 e. The Morgan fingerprint density at radius 2 is 1.83 bits per heavy atom. The van der Waals surface area contributed by atoms with Crippen LogP contribution in [0.4, 0.5) is 17.2 Å². The quantitative estimate of drug-likeness (QED) is 0.630. The van der Waals surface area contributed by atoms with Gasteiger partial charge in [-0.05, 0) is 49.6 Å². The number of H-pyrrole nitrogens is 1. The summed E-state index contributed by atoms with van der Waals surface area (Å²) < 4.78 is 0. The Balaban J connectivity index is 1.52. The Bertz CT molecular complexity index is 1070. The van der Waals surface area contributed by atoms with Gasteiger partial charge in [0.2, 0.25) is 0 Å². The van der Waals surface area contributed by atoms with Crippen LogP contribution in [0.25, 0.3) is 11.3 Å². The maximum atomic E-state index is 12.6. The van der Waals surface area contributed by atoms with Gasteiger partial charge in [-0.15, -0.1) is 0 Å². The molecule has 0 radical (unpaired) electrons. The van der Waals surface area contributed by atoms with Gasteiger partial charge in [0.25, 0.3) is 11.5 Å². The molecule has 2 aromatic heterocycles. The van der Waals surface area contributed by atoms with E-state index in [1.807, 2.05) is 12.1 Å². The number of hydrogen-bond acceptors (Lipinski definition) is 6. The van der Waals surface area contributed by atoms with E-state index in [1.165, 1.54) is 31.8 Å². The lowest BCUT2D eigenvalue weighted by Crippen LogP contribution is -2.29. The lowest BCUT2D eigenvalue weighted by Gasteiger charge is -2.28. The van der Waals surface area contributed by atoms with E-state index in [4.69, 9.17) is 5.73 Å². The molecule has 0 saturated carbocycles. The summed E-state index contributed by atoms with van der Waals surface area (Å²) in [7, 11) is 0. The SMILES string of the molecule is Nc1cc(-c2c[nH]c(=O)c(NC(=O)c3ccc(N4CCCCC4)cc3)c2)ncn1. The first kappa shape index (κ1) is 18.7. The first-order valence-corrected chi connectivity index (χ1v) is 9.57. The number of pyridine rings is 1. The summed E-state index contributed by atoms with van der Waals surface area (Å²) in [5.74, 6) is -0.0272. The van der Waals surface area contributed by atoms with Gasteiger partial charge in [-0.1, -0.05) is 0 Å². The summed E-state index contributed by atoms with van der Waals surface area (Å²) in [6.07, 6.45) is 6.52. The summed E-state index contributed by atoms with van der Waals surface area (Å²) >= 11 is 0. The Labute approximate surface area is 167 Å². The number of piperidine rings is 1. The van der Waals surface area contributed by atoms with Crippen molar-refractivity contribution in [3.05, 3.63) is 64.8 Å². The second kappa shape index (κ2) is 8.14. The van der Waals surface area contributed by atoms with Crippen LogP contribution in [-0.2, 0) is 0 Å². The Morgan fingerprint density at radius 3 is 2.55 bits per heavy atom. The van der Waals surface area contributed by atoms with Crippen LogP contribution in [0.1, 0.15) is 29.6 Å². The van der Waals surface area contributed by atoms with Crippen molar-refractivity contribution in [1.29, 1.82) is 0 Å². The fraction of sp³-hybridized carbons (Fsp3) is 0.238. The lowest BCUT2D eigenvalue weighted by molar-refractivity contribution is 0.102. The molecule has 4 N–H and O–H groups in total. The number of nitrogens with two attached hydrogens (primary N) is 1. The zero-order valence-electron chi connectivity index (χ0n) is 15.9. The maximum absolute atomic E-state index is 12.6. The van der Waals surface area contributed by atoms with E-state index in [0.717, 1.165) is 18.8 Å². The van der Waals surface area contributed by atoms with Crippen LogP contribution >= 0.6 is 0 Å². The van der Waals surface area contributed by atoms with Crippen LogP contribution in [0.2, 0.25) is 0 Å². The average Bonchev–Trinajstić information content (AvgIpc) is 2.76. The minimum absolute atomic E-state index is 0.143. The van der Waals surface area contributed by atoms with Crippen molar-refractivity contribution in [2.75, 3.05) is 29.0 Å². The number of carbonyl (C=O) groups is 1. The minimum Gasteiger partial charge on any atom is -0.384 e. The normalized spacial score (nSPS) is 13.9. The number of aromatic amines is 1. The van der Waals surface area contributed by atoms with Crippen molar-refractivity contribution in [2.24, 2.45) is 0 Å². The number of rotatable bonds is 4. The highest BCUT2D eigenvalue weighted by Crippen LogP contribution is 2.21. The number of nitrogen functional groups attached to an aromatic ring is 1. The van der Waals surface area contributed by atoms with E-state index in [9.17, 15) is 9.59 Å². The van der Waals surface area contributed by atoms with Gasteiger partial charge < -0.3 is 20.9 Å². The highest BCUT2D eigenvalue weighted by Gasteiger charge is 2.13. The predicted molar refractivity (Wildman–Crippen MR) is 113 cm³/mol. The van der Waals surface area contributed by atoms with Gasteiger partial charge in [0.05, 0.1) is 5.69 Å². The van der Waals surface area contributed by atoms with E-state index in [2.05, 4.69) is 25.2 Å². The summed E-state index contributed by atoms with van der Waals surface area (Å²) in [5, 5.41) is 2.68. The minimum atomic E-state index is -0.394. The number of nitrogens with zero attached hydrogens (tertiary/aromatic N) is 3. The topological polar surface area (TPSA) is 117 Å². The molecule has 3 aromatic rings. The van der Waals surface area contributed by atoms with Crippen molar-refractivity contribution in [3.8, 4) is 11.3 Å². The number of hydrogen-bond donors (Lipinski definition) is 3. The monoisotopic (exact) mass is 390 g/mol. The van der Waals surface area contributed by atoms with Crippen molar-refractivity contribution < 1.29 is 4.79 Å². The maximum Gasteiger partial charge on any atom is 0.271 e. The number of amides is 1. The third-order valence-electron chi connectivity index (χ3n) is 4.99. The third kappa shape index (κ3) is 4.26. The van der Waals surface area contributed by atoms with Gasteiger partial charge in [-0.3, -0.25) is 9.59 Å². The van der Waals surface area contributed by atoms with Crippen LogP contribution in [0.15, 0.2) is 53.7 Å². The summed E-state index contributed by atoms with van der Waals surface area (Å²) in [6, 6.07) is 10.6. The molecular weight excluding hydrogens is 368 g/mol. The van der Waals surface area contributed by atoms with E-state index in [1.54, 1.807) is 24.3 Å². The molecule has 0 spiro atoms. The fourth-order valence-electron chi connectivity index (χ4n) is 3.42. The van der Waals surface area contributed by atoms with Gasteiger partial charge >= 0.3 is 0 Å². The van der Waals surface area contributed by atoms with Crippen molar-refractivity contribution >= 4 is 23.1 Å². The van der Waals surface area contributed by atoms with E-state index in [-0.39, 0.29) is 11.6 Å². The molecule has 8 heteroatoms. The van der Waals surface area contributed by atoms with Crippen LogP contribution in [-0.4, -0.2) is 33.9 Å². The van der Waals surface area contributed by atoms with Crippen molar-refractivity contribution in [2.45, 2.75) is 19.3 Å². The zero-order chi connectivity index (χ0) is 20.2. The molecule has 1 fully saturated rings. The Hall–Kier alpha value is -3.68. The lowest BCUT2D eigenvalue weighted by atomic mass is 10.1. The number of anilines is 3. The molecule has 1 aliphatic rings. The van der Waals surface area contributed by atoms with Gasteiger partial charge in [0.15, 0.2) is 0 Å². The van der Waals surface area contributed by atoms with Crippen molar-refractivity contribution in [1.82, 2.24) is 15.0 Å². The second-order valence-corrected chi connectivity index (χ2v) is 7.01. The van der Waals surface area contributed by atoms with Crippen LogP contribution in [0, 0.1) is 0 Å². The molecule has 148 valence electrons. The number of benzene rings is 1. The van der Waals surface area contributed by atoms with Crippen LogP contribution in [0.5, 0.6) is 0 Å². The molecule has 29 heavy (non-hydrogen) atoms. The smallest absolute Gasteiger partial charge is 0.271 e. The molecule has 4 rings (SSSR count). The van der Waals surface area contributed by atoms with E-state index < -0.39 is 5.56 Å². The fourth-order valence-corrected chi connectivity index (χ4v) is 3.42. The summed E-state index contributed by atoms with van der Waals surface area (Å²) in [6.45, 7) is 2.09. The molecule has 3 heterocycles. The highest BCUT2D eigenvalue weighted by molar-refractivity contribution is 6.04. The highest BCUT2D eigenvalue weighted by atomic mass is 16.2. The van der Waals surface area contributed by atoms with Crippen molar-refractivity contribution in [3.63, 3.8) is 0 Å². The molecule has 1 aliphatic heterocycles. The first-order chi connectivity index (χ1) is 14.1. The number of nitrogens with one attached hydrogen (secondary N) is 2. The number of aromatic nitrogens is 3. The molecule has 1 amide bonds. The third-order valence-corrected chi connectivity index (χ3v) is 4.99. The van der Waals surface area contributed by atoms with Gasteiger partial charge in [-0.2, -0.15) is 0 Å². The van der Waals surface area contributed by atoms with Gasteiger partial charge in [0.1, 0.15) is 17.8 Å². The van der Waals surface area contributed by atoms with E-state index in [0.29, 0.717) is 22.6 Å². The second-order valence-electron chi connectivity index (χ2n) is 7.01.